The highest BCUT2D eigenvalue weighted by Gasteiger charge is 2.46. The zero-order valence-electron chi connectivity index (χ0n) is 10.5. The van der Waals surface area contributed by atoms with Gasteiger partial charge >= 0.3 is 5.97 Å². The van der Waals surface area contributed by atoms with E-state index in [1.165, 1.54) is 0 Å². The molecule has 0 bridgehead atoms. The maximum absolute atomic E-state index is 10.4. The molecule has 21 heavy (non-hydrogen) atoms. The zero-order chi connectivity index (χ0) is 16.2. The second kappa shape index (κ2) is 7.90. The van der Waals surface area contributed by atoms with Crippen LogP contribution in [0.25, 0.3) is 0 Å². The van der Waals surface area contributed by atoms with Gasteiger partial charge in [-0.3, -0.25) is 0 Å². The summed E-state index contributed by atoms with van der Waals surface area (Å²) in [6.07, 6.45) is -8.72. The van der Waals surface area contributed by atoms with Crippen molar-refractivity contribution >= 4 is 29.2 Å². The minimum Gasteiger partial charge on any atom is -0.479 e. The Morgan fingerprint density at radius 3 is 1.81 bits per heavy atom. The molecule has 1 aromatic rings. The van der Waals surface area contributed by atoms with Gasteiger partial charge in [-0.15, -0.1) is 0 Å². The Kier molecular flexibility index (Phi) is 6.82. The van der Waals surface area contributed by atoms with Crippen molar-refractivity contribution in [2.75, 3.05) is 0 Å². The third-order valence-electron chi connectivity index (χ3n) is 2.66. The van der Waals surface area contributed by atoms with Crippen LogP contribution in [0.1, 0.15) is 0 Å². The summed E-state index contributed by atoms with van der Waals surface area (Å²) in [5.74, 6) is -1.52. The number of hydrogen-bond donors (Lipinski definition) is 5. The predicted molar refractivity (Wildman–Crippen MR) is 73.0 cm³/mol. The molecule has 0 aliphatic carbocycles. The maximum Gasteiger partial charge on any atom is 0.335 e. The van der Waals surface area contributed by atoms with Crippen LogP contribution in [0.15, 0.2) is 24.3 Å². The minimum atomic E-state index is -1.81. The Balaban J connectivity index is 0.000000235. The summed E-state index contributed by atoms with van der Waals surface area (Å²) < 4.78 is 4.34. The molecule has 1 aliphatic heterocycles. The Morgan fingerprint density at radius 1 is 0.952 bits per heavy atom. The van der Waals surface area contributed by atoms with E-state index in [2.05, 4.69) is 4.74 Å². The van der Waals surface area contributed by atoms with Gasteiger partial charge in [0.05, 0.1) is 10.0 Å². The molecule has 1 saturated heterocycles. The minimum absolute atomic E-state index is 0.606. The van der Waals surface area contributed by atoms with E-state index in [-0.39, 0.29) is 0 Å². The molecule has 1 aromatic carbocycles. The highest BCUT2D eigenvalue weighted by Crippen LogP contribution is 2.20. The van der Waals surface area contributed by atoms with Crippen LogP contribution >= 0.6 is 23.2 Å². The first kappa shape index (κ1) is 18.1. The number of ether oxygens (including phenoxy) is 1. The number of hydrogen-bond acceptors (Lipinski definition) is 6. The molecule has 5 N–H and O–H groups in total. The van der Waals surface area contributed by atoms with Crippen LogP contribution in [-0.4, -0.2) is 62.2 Å². The monoisotopic (exact) mass is 340 g/mol. The van der Waals surface area contributed by atoms with Gasteiger partial charge in [-0.05, 0) is 12.1 Å². The number of rotatable bonds is 1. The average Bonchev–Trinajstić information content (AvgIpc) is 2.44. The standard InChI is InChI=1S/C6H4Cl2.C6H10O7/c7-5-3-1-2-4-6(5)8;7-1-2(8)4(5(10)11)13-6(12)3(1)9/h1-4H;1-4,6-9,12H,(H,10,11)/t;1-,2-,3+,4-,6?/m.0/s1. The van der Waals surface area contributed by atoms with E-state index in [1.54, 1.807) is 12.1 Å². The maximum atomic E-state index is 10.4. The molecule has 5 atom stereocenters. The molecular weight excluding hydrogens is 327 g/mol. The summed E-state index contributed by atoms with van der Waals surface area (Å²) in [5.41, 5.74) is 0. The van der Waals surface area contributed by atoms with Gasteiger partial charge in [-0.1, -0.05) is 35.3 Å². The van der Waals surface area contributed by atoms with E-state index in [0.717, 1.165) is 0 Å². The lowest BCUT2D eigenvalue weighted by molar-refractivity contribution is -0.279. The molecule has 1 unspecified atom stereocenters. The van der Waals surface area contributed by atoms with Crippen molar-refractivity contribution < 1.29 is 35.1 Å². The second-order valence-electron chi connectivity index (χ2n) is 4.17. The van der Waals surface area contributed by atoms with Crippen molar-refractivity contribution in [1.29, 1.82) is 0 Å². The first-order valence-electron chi connectivity index (χ1n) is 5.76. The number of halogens is 2. The molecule has 1 aliphatic rings. The lowest BCUT2D eigenvalue weighted by Gasteiger charge is -2.36. The Hall–Kier alpha value is -0.930. The SMILES string of the molecule is Clc1ccccc1Cl.O=C(O)[C@H]1OC(O)[C@H](O)[C@@H](O)[C@@H]1O. The number of carboxylic acids is 1. The van der Waals surface area contributed by atoms with E-state index in [9.17, 15) is 4.79 Å². The van der Waals surface area contributed by atoms with Crippen LogP contribution in [0.4, 0.5) is 0 Å². The summed E-state index contributed by atoms with van der Waals surface area (Å²) in [6, 6.07) is 7.19. The summed E-state index contributed by atoms with van der Waals surface area (Å²) in [4.78, 5) is 10.4. The van der Waals surface area contributed by atoms with Crippen molar-refractivity contribution in [2.45, 2.75) is 30.7 Å². The lowest BCUT2D eigenvalue weighted by atomic mass is 9.99. The smallest absolute Gasteiger partial charge is 0.335 e. The number of carbonyl (C=O) groups is 1. The molecule has 7 nitrogen and oxygen atoms in total. The van der Waals surface area contributed by atoms with Crippen molar-refractivity contribution in [2.24, 2.45) is 0 Å². The molecule has 9 heteroatoms. The molecule has 0 aromatic heterocycles. The van der Waals surface area contributed by atoms with Crippen molar-refractivity contribution in [3.8, 4) is 0 Å². The van der Waals surface area contributed by atoms with Crippen molar-refractivity contribution in [3.63, 3.8) is 0 Å². The first-order chi connectivity index (χ1) is 9.75. The van der Waals surface area contributed by atoms with E-state index in [4.69, 9.17) is 48.7 Å². The van der Waals surface area contributed by atoms with Gasteiger partial charge in [-0.25, -0.2) is 4.79 Å². The highest BCUT2D eigenvalue weighted by molar-refractivity contribution is 6.41. The van der Waals surface area contributed by atoms with E-state index >= 15 is 0 Å². The molecular formula is C12H14Cl2O7. The van der Waals surface area contributed by atoms with Crippen molar-refractivity contribution in [1.82, 2.24) is 0 Å². The number of carboxylic acid groups (broad SMARTS) is 1. The molecule has 0 saturated carbocycles. The second-order valence-corrected chi connectivity index (χ2v) is 4.99. The molecule has 1 heterocycles. The molecule has 2 rings (SSSR count). The van der Waals surface area contributed by atoms with E-state index < -0.39 is 36.7 Å². The lowest BCUT2D eigenvalue weighted by Crippen LogP contribution is -2.59. The topological polar surface area (TPSA) is 127 Å². The average molecular weight is 341 g/mol. The van der Waals surface area contributed by atoms with Gasteiger partial charge in [0.2, 0.25) is 0 Å². The van der Waals surface area contributed by atoms with Gasteiger partial charge in [-0.2, -0.15) is 0 Å². The first-order valence-corrected chi connectivity index (χ1v) is 6.52. The van der Waals surface area contributed by atoms with Crippen LogP contribution in [-0.2, 0) is 9.53 Å². The molecule has 1 fully saturated rings. The summed E-state index contributed by atoms with van der Waals surface area (Å²) in [6.45, 7) is 0. The van der Waals surface area contributed by atoms with Crippen LogP contribution in [0, 0.1) is 0 Å². The van der Waals surface area contributed by atoms with Crippen molar-refractivity contribution in [3.05, 3.63) is 34.3 Å². The number of aliphatic hydroxyl groups is 4. The normalized spacial score (nSPS) is 32.0. The number of aliphatic hydroxyl groups excluding tert-OH is 4. The Morgan fingerprint density at radius 2 is 1.43 bits per heavy atom. The Labute approximate surface area is 129 Å². The fraction of sp³-hybridized carbons (Fsp3) is 0.417. The van der Waals surface area contributed by atoms with E-state index in [1.807, 2.05) is 12.1 Å². The van der Waals surface area contributed by atoms with Crippen LogP contribution in [0.5, 0.6) is 0 Å². The fourth-order valence-electron chi connectivity index (χ4n) is 1.50. The summed E-state index contributed by atoms with van der Waals surface area (Å²) >= 11 is 11.2. The quantitative estimate of drug-likeness (QED) is 0.481. The third kappa shape index (κ3) is 4.79. The van der Waals surface area contributed by atoms with Gasteiger partial charge < -0.3 is 30.3 Å². The van der Waals surface area contributed by atoms with E-state index in [0.29, 0.717) is 10.0 Å². The highest BCUT2D eigenvalue weighted by atomic mass is 35.5. The van der Waals surface area contributed by atoms with Gasteiger partial charge in [0, 0.05) is 0 Å². The zero-order valence-corrected chi connectivity index (χ0v) is 12.0. The molecule has 0 amide bonds. The molecule has 118 valence electrons. The molecule has 0 radical (unpaired) electrons. The van der Waals surface area contributed by atoms with Gasteiger partial charge in [0.25, 0.3) is 0 Å². The summed E-state index contributed by atoms with van der Waals surface area (Å²) in [7, 11) is 0. The van der Waals surface area contributed by atoms with Crippen LogP contribution in [0.2, 0.25) is 10.0 Å². The fourth-order valence-corrected chi connectivity index (χ4v) is 1.78. The van der Waals surface area contributed by atoms with Crippen LogP contribution in [0.3, 0.4) is 0 Å². The van der Waals surface area contributed by atoms with Gasteiger partial charge in [0.15, 0.2) is 12.4 Å². The molecule has 0 spiro atoms. The number of aliphatic carboxylic acids is 1. The predicted octanol–water partition coefficient (Wildman–Crippen LogP) is -0.136. The number of benzene rings is 1. The third-order valence-corrected chi connectivity index (χ3v) is 3.41. The summed E-state index contributed by atoms with van der Waals surface area (Å²) in [5, 5.41) is 45.6. The van der Waals surface area contributed by atoms with Crippen LogP contribution < -0.4 is 0 Å². The Bertz CT molecular complexity index is 463. The largest absolute Gasteiger partial charge is 0.479 e. The van der Waals surface area contributed by atoms with Gasteiger partial charge in [0.1, 0.15) is 18.3 Å².